The van der Waals surface area contributed by atoms with Crippen molar-refractivity contribution >= 4 is 5.78 Å². The third-order valence-corrected chi connectivity index (χ3v) is 2.10. The maximum absolute atomic E-state index is 12.2. The Kier molecular flexibility index (Phi) is 2.86. The number of ketones is 1. The number of alkyl halides is 3. The van der Waals surface area contributed by atoms with Crippen LogP contribution >= 0.6 is 0 Å². The minimum atomic E-state index is -4.92. The van der Waals surface area contributed by atoms with Gasteiger partial charge in [-0.3, -0.25) is 4.79 Å². The average Bonchev–Trinajstić information content (AvgIpc) is 2.16. The van der Waals surface area contributed by atoms with Crippen LogP contribution in [0.2, 0.25) is 0 Å². The van der Waals surface area contributed by atoms with Gasteiger partial charge in [0.2, 0.25) is 0 Å². The van der Waals surface area contributed by atoms with Gasteiger partial charge in [0, 0.05) is 0 Å². The lowest BCUT2D eigenvalue weighted by atomic mass is 9.88. The van der Waals surface area contributed by atoms with E-state index in [9.17, 15) is 18.0 Å². The molecule has 2 nitrogen and oxygen atoms in total. The molecule has 0 saturated heterocycles. The Morgan fingerprint density at radius 3 is 2.07 bits per heavy atom. The summed E-state index contributed by atoms with van der Waals surface area (Å²) >= 11 is 0. The Bertz CT molecular complexity index is 357. The van der Waals surface area contributed by atoms with E-state index in [-0.39, 0.29) is 5.56 Å². The van der Waals surface area contributed by atoms with E-state index in [1.165, 1.54) is 24.3 Å². The monoisotopic (exact) mass is 217 g/mol. The predicted molar refractivity (Wildman–Crippen MR) is 49.0 cm³/mol. The molecule has 1 aromatic carbocycles. The number of Topliss-reactive ketones (excluding diaryl/α,β-unsaturated/α-hetero) is 1. The highest BCUT2D eigenvalue weighted by Gasteiger charge is 2.49. The molecule has 1 unspecified atom stereocenters. The quantitative estimate of drug-likeness (QED) is 0.823. The van der Waals surface area contributed by atoms with E-state index in [1.54, 1.807) is 6.07 Å². The Balaban J connectivity index is 3.09. The van der Waals surface area contributed by atoms with Crippen molar-refractivity contribution in [2.45, 2.75) is 18.6 Å². The van der Waals surface area contributed by atoms with Gasteiger partial charge in [0.25, 0.3) is 5.78 Å². The summed E-state index contributed by atoms with van der Waals surface area (Å²) < 4.78 is 36.6. The molecule has 0 amide bonds. The molecule has 1 rings (SSSR count). The van der Waals surface area contributed by atoms with Gasteiger partial charge in [-0.2, -0.15) is 13.2 Å². The molecular formula is C10H10F3NO. The van der Waals surface area contributed by atoms with Crippen LogP contribution < -0.4 is 5.73 Å². The molecule has 5 heteroatoms. The molecule has 0 spiro atoms. The van der Waals surface area contributed by atoms with Crippen molar-refractivity contribution in [3.63, 3.8) is 0 Å². The highest BCUT2D eigenvalue weighted by molar-refractivity contribution is 5.93. The summed E-state index contributed by atoms with van der Waals surface area (Å²) in [6.45, 7) is 1.05. The molecule has 0 aliphatic heterocycles. The lowest BCUT2D eigenvalue weighted by Gasteiger charge is -2.24. The van der Waals surface area contributed by atoms with Crippen LogP contribution in [0.15, 0.2) is 30.3 Å². The van der Waals surface area contributed by atoms with Gasteiger partial charge in [0.1, 0.15) is 5.54 Å². The molecule has 0 aliphatic rings. The minimum Gasteiger partial charge on any atom is -0.315 e. The molecule has 0 bridgehead atoms. The summed E-state index contributed by atoms with van der Waals surface area (Å²) in [5.41, 5.74) is 3.52. The van der Waals surface area contributed by atoms with Crippen molar-refractivity contribution in [1.82, 2.24) is 0 Å². The summed E-state index contributed by atoms with van der Waals surface area (Å²) in [7, 11) is 0. The van der Waals surface area contributed by atoms with E-state index < -0.39 is 17.5 Å². The van der Waals surface area contributed by atoms with Gasteiger partial charge in [-0.15, -0.1) is 0 Å². The third-order valence-electron chi connectivity index (χ3n) is 2.10. The lowest BCUT2D eigenvalue weighted by molar-refractivity contribution is -0.176. The first-order valence-electron chi connectivity index (χ1n) is 4.22. The van der Waals surface area contributed by atoms with Crippen LogP contribution in [0.4, 0.5) is 13.2 Å². The van der Waals surface area contributed by atoms with Crippen molar-refractivity contribution in [1.29, 1.82) is 0 Å². The summed E-state index contributed by atoms with van der Waals surface area (Å²) in [5, 5.41) is 0. The first kappa shape index (κ1) is 11.7. The zero-order chi connectivity index (χ0) is 11.7. The van der Waals surface area contributed by atoms with E-state index in [0.29, 0.717) is 0 Å². The Hall–Kier alpha value is -1.36. The average molecular weight is 217 g/mol. The molecular weight excluding hydrogens is 207 g/mol. The fourth-order valence-corrected chi connectivity index (χ4v) is 1.21. The van der Waals surface area contributed by atoms with Gasteiger partial charge in [-0.25, -0.2) is 0 Å². The fraction of sp³-hybridized carbons (Fsp3) is 0.300. The number of benzene rings is 1. The van der Waals surface area contributed by atoms with Crippen molar-refractivity contribution in [2.24, 2.45) is 5.73 Å². The van der Waals surface area contributed by atoms with Crippen LogP contribution in [-0.2, 0) is 10.3 Å². The Morgan fingerprint density at radius 1 is 1.20 bits per heavy atom. The molecule has 1 atom stereocenters. The molecule has 15 heavy (non-hydrogen) atoms. The zero-order valence-corrected chi connectivity index (χ0v) is 8.01. The Morgan fingerprint density at radius 2 is 1.67 bits per heavy atom. The van der Waals surface area contributed by atoms with Gasteiger partial charge in [-0.05, 0) is 12.5 Å². The number of hydrogen-bond donors (Lipinski definition) is 1. The number of nitrogens with two attached hydrogens (primary N) is 1. The summed E-state index contributed by atoms with van der Waals surface area (Å²) in [6.07, 6.45) is -4.92. The van der Waals surface area contributed by atoms with Gasteiger partial charge >= 0.3 is 6.18 Å². The fourth-order valence-electron chi connectivity index (χ4n) is 1.21. The van der Waals surface area contributed by atoms with Gasteiger partial charge < -0.3 is 5.73 Å². The third kappa shape index (κ3) is 2.36. The maximum atomic E-state index is 12.2. The first-order chi connectivity index (χ1) is 6.76. The van der Waals surface area contributed by atoms with Crippen molar-refractivity contribution < 1.29 is 18.0 Å². The van der Waals surface area contributed by atoms with Gasteiger partial charge in [0.15, 0.2) is 0 Å². The Labute approximate surface area is 84.9 Å². The molecule has 0 radical (unpaired) electrons. The molecule has 0 fully saturated rings. The number of halogens is 3. The molecule has 0 saturated carbocycles. The topological polar surface area (TPSA) is 43.1 Å². The second-order valence-corrected chi connectivity index (χ2v) is 3.40. The van der Waals surface area contributed by atoms with Crippen LogP contribution in [0.1, 0.15) is 12.5 Å². The van der Waals surface area contributed by atoms with Gasteiger partial charge in [0.05, 0.1) is 0 Å². The molecule has 1 aromatic rings. The highest BCUT2D eigenvalue weighted by Crippen LogP contribution is 2.28. The molecule has 0 heterocycles. The van der Waals surface area contributed by atoms with Crippen LogP contribution in [-0.4, -0.2) is 12.0 Å². The highest BCUT2D eigenvalue weighted by atomic mass is 19.4. The van der Waals surface area contributed by atoms with E-state index in [1.807, 2.05) is 0 Å². The van der Waals surface area contributed by atoms with E-state index in [0.717, 1.165) is 6.92 Å². The lowest BCUT2D eigenvalue weighted by Crippen LogP contribution is -2.48. The maximum Gasteiger partial charge on any atom is 0.452 e. The van der Waals surface area contributed by atoms with Crippen LogP contribution in [0, 0.1) is 0 Å². The summed E-state index contributed by atoms with van der Waals surface area (Å²) in [6, 6.07) is 7.49. The van der Waals surface area contributed by atoms with Crippen LogP contribution in [0.25, 0.3) is 0 Å². The summed E-state index contributed by atoms with van der Waals surface area (Å²) in [5.74, 6) is -1.94. The van der Waals surface area contributed by atoms with E-state index >= 15 is 0 Å². The van der Waals surface area contributed by atoms with Gasteiger partial charge in [-0.1, -0.05) is 30.3 Å². The molecule has 82 valence electrons. The normalized spacial score (nSPS) is 15.8. The number of carbonyl (C=O) groups excluding carboxylic acids is 1. The smallest absolute Gasteiger partial charge is 0.315 e. The SMILES string of the molecule is CC(N)(C(=O)C(F)(F)F)c1ccccc1. The van der Waals surface area contributed by atoms with E-state index in [4.69, 9.17) is 5.73 Å². The second kappa shape index (κ2) is 3.66. The first-order valence-corrected chi connectivity index (χ1v) is 4.22. The zero-order valence-electron chi connectivity index (χ0n) is 8.01. The van der Waals surface area contributed by atoms with Crippen molar-refractivity contribution in [3.05, 3.63) is 35.9 Å². The standard InChI is InChI=1S/C10H10F3NO/c1-9(14,8(15)10(11,12)13)7-5-3-2-4-6-7/h2-6H,14H2,1H3. The van der Waals surface area contributed by atoms with Crippen LogP contribution in [0.3, 0.4) is 0 Å². The van der Waals surface area contributed by atoms with E-state index in [2.05, 4.69) is 0 Å². The van der Waals surface area contributed by atoms with Crippen molar-refractivity contribution in [2.75, 3.05) is 0 Å². The number of carbonyl (C=O) groups is 1. The number of rotatable bonds is 2. The summed E-state index contributed by atoms with van der Waals surface area (Å²) in [4.78, 5) is 11.0. The second-order valence-electron chi connectivity index (χ2n) is 3.40. The minimum absolute atomic E-state index is 0.146. The predicted octanol–water partition coefficient (Wildman–Crippen LogP) is 1.99. The largest absolute Gasteiger partial charge is 0.452 e. The molecule has 0 aliphatic carbocycles. The van der Waals surface area contributed by atoms with Crippen LogP contribution in [0.5, 0.6) is 0 Å². The molecule has 0 aromatic heterocycles. The molecule has 2 N–H and O–H groups in total. The van der Waals surface area contributed by atoms with Crippen molar-refractivity contribution in [3.8, 4) is 0 Å². The number of hydrogen-bond acceptors (Lipinski definition) is 2.